The van der Waals surface area contributed by atoms with Crippen molar-refractivity contribution in [2.75, 3.05) is 13.2 Å². The van der Waals surface area contributed by atoms with Crippen LogP contribution in [0.1, 0.15) is 0 Å². The van der Waals surface area contributed by atoms with Gasteiger partial charge in [-0.25, -0.2) is 0 Å². The van der Waals surface area contributed by atoms with Gasteiger partial charge in [0.1, 0.15) is 48.8 Å². The van der Waals surface area contributed by atoms with Gasteiger partial charge in [-0.05, 0) is 0 Å². The zero-order chi connectivity index (χ0) is 17.7. The zero-order valence-electron chi connectivity index (χ0n) is 12.0. The van der Waals surface area contributed by atoms with E-state index in [1.165, 1.54) is 0 Å². The molecule has 23 heavy (non-hydrogen) atoms. The van der Waals surface area contributed by atoms with Crippen molar-refractivity contribution in [3.8, 4) is 0 Å². The van der Waals surface area contributed by atoms with Gasteiger partial charge in [-0.2, -0.15) is 0 Å². The van der Waals surface area contributed by atoms with Crippen LogP contribution in [0.4, 0.5) is 0 Å². The molecule has 1 aliphatic rings. The van der Waals surface area contributed by atoms with Gasteiger partial charge in [-0.3, -0.25) is 0 Å². The summed E-state index contributed by atoms with van der Waals surface area (Å²) >= 11 is 0. The molecule has 1 fully saturated rings. The molecule has 1 heterocycles. The minimum absolute atomic E-state index is 0.0294. The fourth-order valence-electron chi connectivity index (χ4n) is 2.11. The summed E-state index contributed by atoms with van der Waals surface area (Å²) < 4.78 is 10.1. The van der Waals surface area contributed by atoms with Crippen LogP contribution in [0.5, 0.6) is 0 Å². The van der Waals surface area contributed by atoms with Gasteiger partial charge in [0, 0.05) is 0 Å². The van der Waals surface area contributed by atoms with E-state index in [1.807, 2.05) is 0 Å². The van der Waals surface area contributed by atoms with E-state index in [0.29, 0.717) is 0 Å². The van der Waals surface area contributed by atoms with E-state index >= 15 is 0 Å². The molecule has 0 aromatic heterocycles. The molecule has 11 heteroatoms. The van der Waals surface area contributed by atoms with Gasteiger partial charge in [0.05, 0.1) is 13.2 Å². The van der Waals surface area contributed by atoms with Crippen molar-refractivity contribution in [1.82, 2.24) is 0 Å². The largest absolute Gasteiger partial charge is 0.394 e. The summed E-state index contributed by atoms with van der Waals surface area (Å²) in [4.78, 5) is 10.5. The monoisotopic (exact) mass is 342 g/mol. The molecular weight excluding hydrogens is 320 g/mol. The van der Waals surface area contributed by atoms with Crippen molar-refractivity contribution in [2.45, 2.75) is 55.1 Å². The Labute approximate surface area is 130 Å². The summed E-state index contributed by atoms with van der Waals surface area (Å²) in [6.07, 6.45) is -15.7. The molecule has 1 aliphatic heterocycles. The van der Waals surface area contributed by atoms with Crippen molar-refractivity contribution in [3.63, 3.8) is 0 Å². The van der Waals surface area contributed by atoms with E-state index in [0.717, 1.165) is 0 Å². The average molecular weight is 342 g/mol. The second-order valence-corrected chi connectivity index (χ2v) is 5.17. The Morgan fingerprint density at radius 3 is 2.13 bits per heavy atom. The standard InChI is InChI=1S/C12H22O11/c13-1-4(16)7(18)11(5(17)2-14)23-12-10(21)9(20)8(19)6(3-15)22-12/h1,4-12,14-21H,2-3H2/t4-,5+,6+,7+,8+,9-,10-,11-,12-/m0/s1. The predicted octanol–water partition coefficient (Wildman–Crippen LogP) is -5.55. The highest BCUT2D eigenvalue weighted by atomic mass is 16.7. The van der Waals surface area contributed by atoms with E-state index in [4.69, 9.17) is 19.7 Å². The van der Waals surface area contributed by atoms with E-state index < -0.39 is 68.3 Å². The van der Waals surface area contributed by atoms with Crippen LogP contribution in [0.3, 0.4) is 0 Å². The molecular formula is C12H22O11. The third-order valence-electron chi connectivity index (χ3n) is 3.53. The maximum absolute atomic E-state index is 10.5. The number of hydrogen-bond donors (Lipinski definition) is 8. The molecule has 0 saturated carbocycles. The predicted molar refractivity (Wildman–Crippen MR) is 69.8 cm³/mol. The summed E-state index contributed by atoms with van der Waals surface area (Å²) in [6.45, 7) is -1.64. The molecule has 0 amide bonds. The molecule has 8 N–H and O–H groups in total. The summed E-state index contributed by atoms with van der Waals surface area (Å²) in [6, 6.07) is 0. The fraction of sp³-hybridized carbons (Fsp3) is 0.917. The number of aldehydes is 1. The lowest BCUT2D eigenvalue weighted by Gasteiger charge is -2.42. The third kappa shape index (κ3) is 4.64. The lowest BCUT2D eigenvalue weighted by Crippen LogP contribution is -2.61. The molecule has 0 unspecified atom stereocenters. The van der Waals surface area contributed by atoms with E-state index in [9.17, 15) is 35.4 Å². The van der Waals surface area contributed by atoms with E-state index in [-0.39, 0.29) is 6.29 Å². The Balaban J connectivity index is 2.91. The van der Waals surface area contributed by atoms with Crippen molar-refractivity contribution in [2.24, 2.45) is 0 Å². The smallest absolute Gasteiger partial charge is 0.187 e. The van der Waals surface area contributed by atoms with Crippen molar-refractivity contribution < 1.29 is 55.1 Å². The van der Waals surface area contributed by atoms with Crippen LogP contribution in [0.25, 0.3) is 0 Å². The molecule has 136 valence electrons. The Morgan fingerprint density at radius 1 is 1.04 bits per heavy atom. The van der Waals surface area contributed by atoms with Gasteiger partial charge in [0.2, 0.25) is 0 Å². The lowest BCUT2D eigenvalue weighted by molar-refractivity contribution is -0.326. The highest BCUT2D eigenvalue weighted by Crippen LogP contribution is 2.24. The number of rotatable bonds is 8. The number of carbonyl (C=O) groups is 1. The van der Waals surface area contributed by atoms with Gasteiger partial charge < -0.3 is 55.1 Å². The molecule has 1 rings (SSSR count). The van der Waals surface area contributed by atoms with Gasteiger partial charge in [-0.1, -0.05) is 0 Å². The summed E-state index contributed by atoms with van der Waals surface area (Å²) in [5.74, 6) is 0. The third-order valence-corrected chi connectivity index (χ3v) is 3.53. The minimum Gasteiger partial charge on any atom is -0.394 e. The van der Waals surface area contributed by atoms with Crippen LogP contribution in [0.15, 0.2) is 0 Å². The first-order chi connectivity index (χ1) is 10.8. The fourth-order valence-corrected chi connectivity index (χ4v) is 2.11. The van der Waals surface area contributed by atoms with Gasteiger partial charge >= 0.3 is 0 Å². The highest BCUT2D eigenvalue weighted by molar-refractivity contribution is 5.56. The Bertz CT molecular complexity index is 365. The molecule has 0 spiro atoms. The molecule has 9 atom stereocenters. The Morgan fingerprint density at radius 2 is 1.65 bits per heavy atom. The molecule has 0 aromatic carbocycles. The first kappa shape index (κ1) is 20.3. The molecule has 0 bridgehead atoms. The molecule has 0 radical (unpaired) electrons. The minimum atomic E-state index is -1.97. The molecule has 0 aliphatic carbocycles. The summed E-state index contributed by atoms with van der Waals surface area (Å²) in [5, 5.41) is 75.7. The van der Waals surface area contributed by atoms with E-state index in [1.54, 1.807) is 0 Å². The van der Waals surface area contributed by atoms with Crippen LogP contribution in [0.2, 0.25) is 0 Å². The first-order valence-corrected chi connectivity index (χ1v) is 6.84. The number of carbonyl (C=O) groups excluding carboxylic acids is 1. The van der Waals surface area contributed by atoms with Gasteiger partial charge in [0.25, 0.3) is 0 Å². The molecule has 0 aromatic rings. The van der Waals surface area contributed by atoms with Crippen molar-refractivity contribution in [3.05, 3.63) is 0 Å². The number of ether oxygens (including phenoxy) is 2. The molecule has 11 nitrogen and oxygen atoms in total. The maximum Gasteiger partial charge on any atom is 0.187 e. The lowest BCUT2D eigenvalue weighted by atomic mass is 9.98. The quantitative estimate of drug-likeness (QED) is 0.196. The van der Waals surface area contributed by atoms with Gasteiger partial charge in [-0.15, -0.1) is 0 Å². The van der Waals surface area contributed by atoms with Crippen molar-refractivity contribution >= 4 is 6.29 Å². The van der Waals surface area contributed by atoms with Crippen LogP contribution < -0.4 is 0 Å². The molecule has 1 saturated heterocycles. The second-order valence-electron chi connectivity index (χ2n) is 5.17. The Kier molecular flexibility index (Phi) is 7.89. The number of aliphatic hydroxyl groups is 8. The van der Waals surface area contributed by atoms with Gasteiger partial charge in [0.15, 0.2) is 12.6 Å². The first-order valence-electron chi connectivity index (χ1n) is 6.84. The number of hydrogen-bond acceptors (Lipinski definition) is 11. The number of aliphatic hydroxyl groups excluding tert-OH is 8. The van der Waals surface area contributed by atoms with Crippen LogP contribution >= 0.6 is 0 Å². The SMILES string of the molecule is O=C[C@H](O)[C@@H](O)[C@@H](O[C@@H]1O[C@H](CO)[C@@H](O)[C@H](O)[C@@H]1O)[C@H](O)CO. The zero-order valence-corrected chi connectivity index (χ0v) is 12.0. The highest BCUT2D eigenvalue weighted by Gasteiger charge is 2.46. The van der Waals surface area contributed by atoms with Crippen LogP contribution in [-0.2, 0) is 14.3 Å². The van der Waals surface area contributed by atoms with Crippen LogP contribution in [0, 0.1) is 0 Å². The van der Waals surface area contributed by atoms with Crippen molar-refractivity contribution in [1.29, 1.82) is 0 Å². The normalized spacial score (nSPS) is 37.0. The maximum atomic E-state index is 10.5. The summed E-state index contributed by atoms with van der Waals surface area (Å²) in [7, 11) is 0. The van der Waals surface area contributed by atoms with E-state index in [2.05, 4.69) is 0 Å². The second kappa shape index (κ2) is 8.94. The topological polar surface area (TPSA) is 197 Å². The Hall–Kier alpha value is -0.730. The van der Waals surface area contributed by atoms with Crippen LogP contribution in [-0.4, -0.2) is 115 Å². The summed E-state index contributed by atoms with van der Waals surface area (Å²) in [5.41, 5.74) is 0. The average Bonchev–Trinajstić information content (AvgIpc) is 2.57.